The van der Waals surface area contributed by atoms with Crippen molar-refractivity contribution >= 4 is 11.6 Å². The van der Waals surface area contributed by atoms with Crippen molar-refractivity contribution in [3.8, 4) is 0 Å². The summed E-state index contributed by atoms with van der Waals surface area (Å²) >= 11 is 0. The van der Waals surface area contributed by atoms with Crippen molar-refractivity contribution in [1.82, 2.24) is 9.97 Å². The molecule has 0 aliphatic rings. The maximum atomic E-state index is 12.4. The van der Waals surface area contributed by atoms with Gasteiger partial charge in [0.15, 0.2) is 0 Å². The highest BCUT2D eigenvalue weighted by molar-refractivity contribution is 5.57. The largest absolute Gasteiger partial charge is 0.354 e. The van der Waals surface area contributed by atoms with Crippen LogP contribution < -0.4 is 16.2 Å². The SMILES string of the molecule is CCCc1nc(NN)c(C)c(N(C)CC(F)F)n1. The summed E-state index contributed by atoms with van der Waals surface area (Å²) in [5.41, 5.74) is 3.14. The molecule has 3 N–H and O–H groups in total. The van der Waals surface area contributed by atoms with Gasteiger partial charge in [-0.2, -0.15) is 0 Å². The molecule has 0 unspecified atom stereocenters. The first-order chi connectivity index (χ1) is 8.49. The Kier molecular flexibility index (Phi) is 5.21. The molecular weight excluding hydrogens is 240 g/mol. The van der Waals surface area contributed by atoms with Crippen LogP contribution in [0.25, 0.3) is 0 Å². The normalized spacial score (nSPS) is 10.8. The first kappa shape index (κ1) is 14.6. The van der Waals surface area contributed by atoms with Crippen LogP contribution in [0, 0.1) is 6.92 Å². The number of nitrogens with one attached hydrogen (secondary N) is 1. The first-order valence-electron chi connectivity index (χ1n) is 5.83. The van der Waals surface area contributed by atoms with Crippen LogP contribution in [0.5, 0.6) is 0 Å². The minimum absolute atomic E-state index is 0.368. The summed E-state index contributed by atoms with van der Waals surface area (Å²) in [5, 5.41) is 0. The van der Waals surface area contributed by atoms with Gasteiger partial charge in [0.1, 0.15) is 17.5 Å². The monoisotopic (exact) mass is 259 g/mol. The first-order valence-corrected chi connectivity index (χ1v) is 5.83. The van der Waals surface area contributed by atoms with Crippen LogP contribution in [0.15, 0.2) is 0 Å². The molecule has 0 spiro atoms. The number of anilines is 2. The van der Waals surface area contributed by atoms with Crippen molar-refractivity contribution in [2.75, 3.05) is 23.9 Å². The van der Waals surface area contributed by atoms with Crippen molar-refractivity contribution in [3.05, 3.63) is 11.4 Å². The minimum Gasteiger partial charge on any atom is -0.354 e. The number of halogens is 2. The number of nitrogen functional groups attached to an aromatic ring is 1. The summed E-state index contributed by atoms with van der Waals surface area (Å²) in [6.45, 7) is 3.39. The number of nitrogens with two attached hydrogens (primary N) is 1. The van der Waals surface area contributed by atoms with E-state index in [1.807, 2.05) is 6.92 Å². The number of aromatic nitrogens is 2. The molecule has 0 aromatic carbocycles. The summed E-state index contributed by atoms with van der Waals surface area (Å²) in [5.74, 6) is 6.95. The van der Waals surface area contributed by atoms with Crippen LogP contribution in [0.1, 0.15) is 24.7 Å². The molecule has 0 saturated heterocycles. The lowest BCUT2D eigenvalue weighted by Crippen LogP contribution is -2.27. The molecule has 1 rings (SSSR count). The fraction of sp³-hybridized carbons (Fsp3) is 0.636. The van der Waals surface area contributed by atoms with Gasteiger partial charge in [0, 0.05) is 19.0 Å². The van der Waals surface area contributed by atoms with E-state index in [2.05, 4.69) is 15.4 Å². The smallest absolute Gasteiger partial charge is 0.255 e. The molecule has 7 heteroatoms. The van der Waals surface area contributed by atoms with Crippen molar-refractivity contribution < 1.29 is 8.78 Å². The van der Waals surface area contributed by atoms with E-state index in [0.717, 1.165) is 6.42 Å². The highest BCUT2D eigenvalue weighted by Crippen LogP contribution is 2.23. The molecule has 5 nitrogen and oxygen atoms in total. The summed E-state index contributed by atoms with van der Waals surface area (Å²) < 4.78 is 24.8. The van der Waals surface area contributed by atoms with Gasteiger partial charge in [0.05, 0.1) is 6.54 Å². The molecule has 1 aromatic heterocycles. The molecule has 0 radical (unpaired) electrons. The molecule has 0 fully saturated rings. The molecule has 18 heavy (non-hydrogen) atoms. The van der Waals surface area contributed by atoms with Crippen LogP contribution in [0.2, 0.25) is 0 Å². The average Bonchev–Trinajstić information content (AvgIpc) is 2.30. The molecule has 0 bridgehead atoms. The zero-order valence-electron chi connectivity index (χ0n) is 10.9. The topological polar surface area (TPSA) is 67.1 Å². The molecule has 0 amide bonds. The lowest BCUT2D eigenvalue weighted by Gasteiger charge is -2.21. The lowest BCUT2D eigenvalue weighted by atomic mass is 10.2. The van der Waals surface area contributed by atoms with Crippen LogP contribution in [0.4, 0.5) is 20.4 Å². The Balaban J connectivity index is 3.11. The van der Waals surface area contributed by atoms with Crippen molar-refractivity contribution in [2.45, 2.75) is 33.1 Å². The number of nitrogens with zero attached hydrogens (tertiary/aromatic N) is 3. The van der Waals surface area contributed by atoms with E-state index < -0.39 is 6.43 Å². The molecule has 1 heterocycles. The van der Waals surface area contributed by atoms with E-state index in [4.69, 9.17) is 5.84 Å². The van der Waals surface area contributed by atoms with Crippen molar-refractivity contribution in [1.29, 1.82) is 0 Å². The minimum atomic E-state index is -2.41. The van der Waals surface area contributed by atoms with Gasteiger partial charge >= 0.3 is 0 Å². The number of rotatable bonds is 6. The second-order valence-corrected chi connectivity index (χ2v) is 4.10. The van der Waals surface area contributed by atoms with Gasteiger partial charge in [-0.3, -0.25) is 0 Å². The molecular formula is C11H19F2N5. The van der Waals surface area contributed by atoms with E-state index >= 15 is 0 Å². The van der Waals surface area contributed by atoms with Crippen LogP contribution in [-0.2, 0) is 6.42 Å². The van der Waals surface area contributed by atoms with Crippen LogP contribution >= 0.6 is 0 Å². The van der Waals surface area contributed by atoms with E-state index in [-0.39, 0.29) is 6.54 Å². The zero-order valence-corrected chi connectivity index (χ0v) is 10.9. The van der Waals surface area contributed by atoms with Gasteiger partial charge in [-0.1, -0.05) is 6.92 Å². The molecule has 0 saturated carbocycles. The molecule has 1 aromatic rings. The van der Waals surface area contributed by atoms with E-state index in [1.54, 1.807) is 14.0 Å². The summed E-state index contributed by atoms with van der Waals surface area (Å²) in [7, 11) is 1.58. The maximum absolute atomic E-state index is 12.4. The molecule has 0 aliphatic heterocycles. The van der Waals surface area contributed by atoms with Crippen LogP contribution in [-0.4, -0.2) is 30.0 Å². The second-order valence-electron chi connectivity index (χ2n) is 4.10. The second kappa shape index (κ2) is 6.44. The fourth-order valence-corrected chi connectivity index (χ4v) is 1.69. The Bertz CT molecular complexity index is 397. The third-order valence-corrected chi connectivity index (χ3v) is 2.55. The van der Waals surface area contributed by atoms with Crippen molar-refractivity contribution in [2.24, 2.45) is 5.84 Å². The number of hydrogen-bond donors (Lipinski definition) is 2. The number of hydrazine groups is 1. The standard InChI is InChI=1S/C11H19F2N5/c1-4-5-9-15-10(17-14)7(2)11(16-9)18(3)6-8(12)13/h8H,4-6,14H2,1-3H3,(H,15,16,17). The van der Waals surface area contributed by atoms with Gasteiger partial charge in [-0.25, -0.2) is 24.6 Å². The predicted molar refractivity (Wildman–Crippen MR) is 67.8 cm³/mol. The fourth-order valence-electron chi connectivity index (χ4n) is 1.69. The maximum Gasteiger partial charge on any atom is 0.255 e. The summed E-state index contributed by atoms with van der Waals surface area (Å²) in [4.78, 5) is 9.97. The third-order valence-electron chi connectivity index (χ3n) is 2.55. The van der Waals surface area contributed by atoms with Crippen LogP contribution in [0.3, 0.4) is 0 Å². The Labute approximate surface area is 105 Å². The highest BCUT2D eigenvalue weighted by Gasteiger charge is 2.16. The third kappa shape index (κ3) is 3.49. The van der Waals surface area contributed by atoms with Gasteiger partial charge in [-0.05, 0) is 13.3 Å². The average molecular weight is 259 g/mol. The predicted octanol–water partition coefficient (Wildman–Crippen LogP) is 1.72. The zero-order chi connectivity index (χ0) is 13.7. The number of alkyl halides is 2. The Morgan fingerprint density at radius 2 is 2.06 bits per heavy atom. The van der Waals surface area contributed by atoms with E-state index in [9.17, 15) is 8.78 Å². The molecule has 102 valence electrons. The Morgan fingerprint density at radius 3 is 2.56 bits per heavy atom. The van der Waals surface area contributed by atoms with Gasteiger partial charge in [0.25, 0.3) is 6.43 Å². The van der Waals surface area contributed by atoms with E-state index in [0.29, 0.717) is 29.4 Å². The quantitative estimate of drug-likeness (QED) is 0.601. The molecule has 0 atom stereocenters. The van der Waals surface area contributed by atoms with Crippen molar-refractivity contribution in [3.63, 3.8) is 0 Å². The summed E-state index contributed by atoms with van der Waals surface area (Å²) in [6.07, 6.45) is -0.844. The lowest BCUT2D eigenvalue weighted by molar-refractivity contribution is 0.156. The Hall–Kier alpha value is -1.50. The summed E-state index contributed by atoms with van der Waals surface area (Å²) in [6, 6.07) is 0. The number of aryl methyl sites for hydroxylation is 1. The molecule has 0 aliphatic carbocycles. The van der Waals surface area contributed by atoms with Gasteiger partial charge in [-0.15, -0.1) is 0 Å². The Morgan fingerprint density at radius 1 is 1.39 bits per heavy atom. The highest BCUT2D eigenvalue weighted by atomic mass is 19.3. The number of hydrogen-bond acceptors (Lipinski definition) is 5. The van der Waals surface area contributed by atoms with Gasteiger partial charge in [0.2, 0.25) is 0 Å². The van der Waals surface area contributed by atoms with Gasteiger partial charge < -0.3 is 10.3 Å². The van der Waals surface area contributed by atoms with E-state index in [1.165, 1.54) is 4.90 Å².